The van der Waals surface area contributed by atoms with Crippen LogP contribution in [-0.4, -0.2) is 16.1 Å². The number of nitrogens with zero attached hydrogens (tertiary/aromatic N) is 2. The summed E-state index contributed by atoms with van der Waals surface area (Å²) in [5.41, 5.74) is 9.77. The van der Waals surface area contributed by atoms with Gasteiger partial charge in [-0.2, -0.15) is 5.10 Å². The van der Waals surface area contributed by atoms with E-state index < -0.39 is 5.91 Å². The summed E-state index contributed by atoms with van der Waals surface area (Å²) in [5, 5.41) is 11.9. The van der Waals surface area contributed by atoms with Crippen molar-refractivity contribution in [3.63, 3.8) is 0 Å². The second kappa shape index (κ2) is 9.26. The van der Waals surface area contributed by atoms with Gasteiger partial charge in [-0.3, -0.25) is 4.79 Å². The number of aryl methyl sites for hydroxylation is 3. The van der Waals surface area contributed by atoms with Crippen LogP contribution >= 0.6 is 0 Å². The van der Waals surface area contributed by atoms with Crippen molar-refractivity contribution in [3.8, 4) is 0 Å². The molecule has 0 saturated carbocycles. The van der Waals surface area contributed by atoms with Crippen molar-refractivity contribution in [2.75, 3.05) is 5.32 Å². The molecular formula is C25H24N4O2. The summed E-state index contributed by atoms with van der Waals surface area (Å²) in [5.74, 6) is 1.70. The van der Waals surface area contributed by atoms with Gasteiger partial charge in [-0.25, -0.2) is 0 Å². The van der Waals surface area contributed by atoms with Crippen LogP contribution in [0.3, 0.4) is 0 Å². The topological polar surface area (TPSA) is 94.0 Å². The summed E-state index contributed by atoms with van der Waals surface area (Å²) in [6.45, 7) is 1.89. The van der Waals surface area contributed by atoms with E-state index >= 15 is 0 Å². The van der Waals surface area contributed by atoms with Crippen molar-refractivity contribution >= 4 is 17.4 Å². The molecule has 3 N–H and O–H groups in total. The molecule has 1 amide bonds. The molecule has 4 aromatic rings. The molecule has 2 aromatic heterocycles. The Bertz CT molecular complexity index is 1170. The Hall–Kier alpha value is -3.93. The van der Waals surface area contributed by atoms with Gasteiger partial charge in [0.05, 0.1) is 5.69 Å². The number of primary amides is 1. The van der Waals surface area contributed by atoms with Crippen LogP contribution in [0.25, 0.3) is 0 Å². The first-order chi connectivity index (χ1) is 15.1. The lowest BCUT2D eigenvalue weighted by Gasteiger charge is -2.14. The third kappa shape index (κ3) is 5.17. The number of anilines is 2. The van der Waals surface area contributed by atoms with E-state index in [2.05, 4.69) is 27.6 Å². The van der Waals surface area contributed by atoms with Gasteiger partial charge in [0.15, 0.2) is 5.82 Å². The number of rotatable bonds is 8. The van der Waals surface area contributed by atoms with E-state index in [4.69, 9.17) is 10.2 Å². The molecule has 0 aliphatic rings. The van der Waals surface area contributed by atoms with Crippen molar-refractivity contribution in [1.29, 1.82) is 0 Å². The average Bonchev–Trinajstić information content (AvgIpc) is 3.19. The summed E-state index contributed by atoms with van der Waals surface area (Å²) in [6.07, 6.45) is 2.17. The molecule has 0 spiro atoms. The van der Waals surface area contributed by atoms with Crippen molar-refractivity contribution in [2.45, 2.75) is 26.2 Å². The van der Waals surface area contributed by atoms with Gasteiger partial charge < -0.3 is 15.5 Å². The molecule has 6 nitrogen and oxygen atoms in total. The number of hydrogen-bond acceptors (Lipinski definition) is 5. The average molecular weight is 412 g/mol. The van der Waals surface area contributed by atoms with E-state index in [1.165, 1.54) is 5.56 Å². The fraction of sp³-hybridized carbons (Fsp3) is 0.160. The Labute approximate surface area is 181 Å². The highest BCUT2D eigenvalue weighted by Crippen LogP contribution is 2.26. The molecule has 4 rings (SSSR count). The zero-order valence-electron chi connectivity index (χ0n) is 17.3. The fourth-order valence-corrected chi connectivity index (χ4v) is 3.49. The minimum Gasteiger partial charge on any atom is -0.466 e. The maximum absolute atomic E-state index is 12.0. The molecule has 0 unspecified atom stereocenters. The number of carbonyl (C=O) groups excluding carboxylic acids is 1. The van der Waals surface area contributed by atoms with E-state index in [1.54, 1.807) is 12.1 Å². The lowest BCUT2D eigenvalue weighted by molar-refractivity contribution is 0.0999. The molecule has 2 heterocycles. The highest BCUT2D eigenvalue weighted by Gasteiger charge is 2.15. The van der Waals surface area contributed by atoms with Gasteiger partial charge >= 0.3 is 0 Å². The monoisotopic (exact) mass is 412 g/mol. The fourth-order valence-electron chi connectivity index (χ4n) is 3.49. The number of aromatic nitrogens is 2. The van der Waals surface area contributed by atoms with Gasteiger partial charge in [-0.05, 0) is 67.3 Å². The van der Waals surface area contributed by atoms with Crippen LogP contribution in [0.4, 0.5) is 11.5 Å². The molecule has 0 radical (unpaired) electrons. The van der Waals surface area contributed by atoms with E-state index in [1.807, 2.05) is 55.5 Å². The molecule has 2 aromatic carbocycles. The number of nitrogens with one attached hydrogen (secondary N) is 1. The van der Waals surface area contributed by atoms with Crippen LogP contribution in [0.2, 0.25) is 0 Å². The Morgan fingerprint density at radius 3 is 2.45 bits per heavy atom. The maximum Gasteiger partial charge on any atom is 0.249 e. The predicted octanol–water partition coefficient (Wildman–Crippen LogP) is 4.60. The summed E-state index contributed by atoms with van der Waals surface area (Å²) in [7, 11) is 0. The molecule has 0 atom stereocenters. The number of nitrogens with two attached hydrogens (primary N) is 1. The van der Waals surface area contributed by atoms with Gasteiger partial charge in [-0.15, -0.1) is 5.10 Å². The number of carbonyl (C=O) groups is 1. The van der Waals surface area contributed by atoms with Gasteiger partial charge in [0.25, 0.3) is 0 Å². The molecule has 0 saturated heterocycles. The molecule has 156 valence electrons. The molecular weight excluding hydrogens is 388 g/mol. The second-order valence-corrected chi connectivity index (χ2v) is 7.41. The lowest BCUT2D eigenvalue weighted by atomic mass is 10.0. The number of benzene rings is 2. The molecule has 31 heavy (non-hydrogen) atoms. The Morgan fingerprint density at radius 2 is 1.77 bits per heavy atom. The smallest absolute Gasteiger partial charge is 0.249 e. The zero-order chi connectivity index (χ0) is 21.6. The van der Waals surface area contributed by atoms with Crippen LogP contribution < -0.4 is 11.1 Å². The summed E-state index contributed by atoms with van der Waals surface area (Å²) >= 11 is 0. The summed E-state index contributed by atoms with van der Waals surface area (Å²) in [6, 6.07) is 23.4. The van der Waals surface area contributed by atoms with E-state index in [9.17, 15) is 4.79 Å². The minimum atomic E-state index is -0.482. The lowest BCUT2D eigenvalue weighted by Crippen LogP contribution is -2.15. The van der Waals surface area contributed by atoms with Crippen molar-refractivity contribution in [3.05, 3.63) is 107 Å². The van der Waals surface area contributed by atoms with Crippen molar-refractivity contribution < 1.29 is 9.21 Å². The van der Waals surface area contributed by atoms with Crippen LogP contribution in [0, 0.1) is 6.92 Å². The van der Waals surface area contributed by atoms with E-state index in [0.29, 0.717) is 17.8 Å². The minimum absolute atomic E-state index is 0.442. The molecule has 6 heteroatoms. The second-order valence-electron chi connectivity index (χ2n) is 7.41. The standard InChI is InChI=1S/C25H24N4O2/c1-17-10-14-20(31-17)16-22-21(25(26)30)8-5-9-23(22)27-24-15-13-19(28-29-24)12-11-18-6-3-2-4-7-18/h2-10,13-15H,11-12,16H2,1H3,(H2,26,30)(H,27,29). The van der Waals surface area contributed by atoms with Crippen LogP contribution in [0.1, 0.15) is 38.7 Å². The zero-order valence-corrected chi connectivity index (χ0v) is 17.3. The molecule has 0 fully saturated rings. The number of furan rings is 1. The first-order valence-electron chi connectivity index (χ1n) is 10.2. The Morgan fingerprint density at radius 1 is 0.935 bits per heavy atom. The quantitative estimate of drug-likeness (QED) is 0.441. The molecule has 0 aliphatic heterocycles. The van der Waals surface area contributed by atoms with Gasteiger partial charge in [-0.1, -0.05) is 36.4 Å². The summed E-state index contributed by atoms with van der Waals surface area (Å²) in [4.78, 5) is 12.0. The molecule has 0 aliphatic carbocycles. The van der Waals surface area contributed by atoms with E-state index in [0.717, 1.165) is 41.3 Å². The van der Waals surface area contributed by atoms with Gasteiger partial charge in [0, 0.05) is 17.7 Å². The highest BCUT2D eigenvalue weighted by molar-refractivity contribution is 5.96. The number of amides is 1. The highest BCUT2D eigenvalue weighted by atomic mass is 16.3. The molecule has 0 bridgehead atoms. The van der Waals surface area contributed by atoms with Crippen LogP contribution in [0.15, 0.2) is 77.2 Å². The van der Waals surface area contributed by atoms with Crippen molar-refractivity contribution in [1.82, 2.24) is 10.2 Å². The van der Waals surface area contributed by atoms with Gasteiger partial charge in [0.1, 0.15) is 11.5 Å². The third-order valence-corrected chi connectivity index (χ3v) is 5.08. The van der Waals surface area contributed by atoms with Crippen LogP contribution in [-0.2, 0) is 19.3 Å². The van der Waals surface area contributed by atoms with E-state index in [-0.39, 0.29) is 0 Å². The largest absolute Gasteiger partial charge is 0.466 e. The Kier molecular flexibility index (Phi) is 6.08. The number of hydrogen-bond donors (Lipinski definition) is 2. The van der Waals surface area contributed by atoms with Crippen LogP contribution in [0.5, 0.6) is 0 Å². The Balaban J connectivity index is 1.51. The SMILES string of the molecule is Cc1ccc(Cc2c(Nc3ccc(CCc4ccccc4)nn3)cccc2C(N)=O)o1. The first-order valence-corrected chi connectivity index (χ1v) is 10.2. The maximum atomic E-state index is 12.0. The van der Waals surface area contributed by atoms with Crippen molar-refractivity contribution in [2.24, 2.45) is 5.73 Å². The normalized spacial score (nSPS) is 10.7. The third-order valence-electron chi connectivity index (χ3n) is 5.08. The van der Waals surface area contributed by atoms with Gasteiger partial charge in [0.2, 0.25) is 5.91 Å². The predicted molar refractivity (Wildman–Crippen MR) is 120 cm³/mol. The first kappa shape index (κ1) is 20.3. The summed E-state index contributed by atoms with van der Waals surface area (Å²) < 4.78 is 5.70.